The Balaban J connectivity index is 2.56. The van der Waals surface area contributed by atoms with Gasteiger partial charge in [0.15, 0.2) is 4.90 Å². The monoisotopic (exact) mass is 303 g/mol. The summed E-state index contributed by atoms with van der Waals surface area (Å²) in [7, 11) is -1.27. The van der Waals surface area contributed by atoms with Crippen LogP contribution in [0.3, 0.4) is 0 Å². The minimum atomic E-state index is -3.93. The highest BCUT2D eigenvalue weighted by molar-refractivity contribution is 7.89. The highest BCUT2D eigenvalue weighted by atomic mass is 32.2. The van der Waals surface area contributed by atoms with E-state index in [9.17, 15) is 18.0 Å². The molecular weight excluding hydrogens is 286 g/mol. The zero-order chi connectivity index (χ0) is 15.1. The molecule has 0 N–H and O–H groups in total. The number of rotatable bonds is 2. The molecule has 0 bridgehead atoms. The van der Waals surface area contributed by atoms with Gasteiger partial charge in [0, 0.05) is 33.4 Å². The fourth-order valence-electron chi connectivity index (χ4n) is 2.10. The summed E-state index contributed by atoms with van der Waals surface area (Å²) in [6.45, 7) is 2.43. The van der Waals surface area contributed by atoms with Crippen molar-refractivity contribution in [3.63, 3.8) is 0 Å². The lowest BCUT2D eigenvalue weighted by molar-refractivity contribution is 0.0101. The maximum atomic E-state index is 12.5. The lowest BCUT2D eigenvalue weighted by Gasteiger charge is -2.30. The van der Waals surface area contributed by atoms with Gasteiger partial charge in [0.05, 0.1) is 12.7 Å². The van der Waals surface area contributed by atoms with Gasteiger partial charge in [-0.05, 0) is 6.92 Å². The lowest BCUT2D eigenvalue weighted by atomic mass is 10.3. The van der Waals surface area contributed by atoms with Crippen molar-refractivity contribution in [1.82, 2.24) is 13.4 Å². The van der Waals surface area contributed by atoms with Crippen LogP contribution in [0.4, 0.5) is 0 Å². The van der Waals surface area contributed by atoms with Crippen LogP contribution in [0.25, 0.3) is 0 Å². The van der Waals surface area contributed by atoms with Crippen LogP contribution in [-0.4, -0.2) is 47.7 Å². The summed E-state index contributed by atoms with van der Waals surface area (Å²) < 4.78 is 33.4. The number of hydrogen-bond donors (Lipinski definition) is 0. The second-order valence-electron chi connectivity index (χ2n) is 4.80. The van der Waals surface area contributed by atoms with Crippen LogP contribution < -0.4 is 11.2 Å². The van der Waals surface area contributed by atoms with E-state index in [1.807, 2.05) is 0 Å². The molecule has 2 heterocycles. The first kappa shape index (κ1) is 14.9. The van der Waals surface area contributed by atoms with E-state index in [0.29, 0.717) is 0 Å². The Kier molecular flexibility index (Phi) is 3.85. The van der Waals surface area contributed by atoms with Crippen LogP contribution in [-0.2, 0) is 28.9 Å². The third-order valence-electron chi connectivity index (χ3n) is 3.24. The fraction of sp³-hybridized carbons (Fsp3) is 0.636. The molecule has 8 nitrogen and oxygen atoms in total. The second kappa shape index (κ2) is 5.15. The topological polar surface area (TPSA) is 90.6 Å². The summed E-state index contributed by atoms with van der Waals surface area (Å²) >= 11 is 0. The van der Waals surface area contributed by atoms with Gasteiger partial charge in [-0.2, -0.15) is 4.31 Å². The van der Waals surface area contributed by atoms with Crippen LogP contribution in [0.5, 0.6) is 0 Å². The van der Waals surface area contributed by atoms with E-state index in [-0.39, 0.29) is 25.8 Å². The molecule has 0 aromatic carbocycles. The number of morpholine rings is 1. The van der Waals surface area contributed by atoms with E-state index in [1.54, 1.807) is 6.92 Å². The summed E-state index contributed by atoms with van der Waals surface area (Å²) in [6, 6.07) is 0. The third-order valence-corrected chi connectivity index (χ3v) is 5.08. The number of ether oxygens (including phenoxy) is 1. The maximum Gasteiger partial charge on any atom is 0.330 e. The number of nitrogens with zero attached hydrogens (tertiary/aromatic N) is 3. The van der Waals surface area contributed by atoms with Gasteiger partial charge in [-0.25, -0.2) is 13.2 Å². The number of sulfonamides is 1. The Bertz CT molecular complexity index is 733. The van der Waals surface area contributed by atoms with Gasteiger partial charge < -0.3 is 9.30 Å². The summed E-state index contributed by atoms with van der Waals surface area (Å²) in [5.74, 6) is 0. The highest BCUT2D eigenvalue weighted by Gasteiger charge is 2.32. The van der Waals surface area contributed by atoms with Gasteiger partial charge in [-0.1, -0.05) is 0 Å². The molecule has 2 rings (SSSR count). The van der Waals surface area contributed by atoms with Gasteiger partial charge >= 0.3 is 5.69 Å². The molecular formula is C11H17N3O5S. The van der Waals surface area contributed by atoms with Crippen molar-refractivity contribution < 1.29 is 13.2 Å². The maximum absolute atomic E-state index is 12.5. The highest BCUT2D eigenvalue weighted by Crippen LogP contribution is 2.15. The van der Waals surface area contributed by atoms with E-state index in [0.717, 1.165) is 15.3 Å². The molecule has 1 unspecified atom stereocenters. The summed E-state index contributed by atoms with van der Waals surface area (Å²) in [6.07, 6.45) is 0.843. The first-order valence-electron chi connectivity index (χ1n) is 6.13. The second-order valence-corrected chi connectivity index (χ2v) is 6.70. The standard InChI is InChI=1S/C11H17N3O5S/c1-8-6-14(4-5-19-8)20(17,18)9-7-12(2)11(16)13(3)10(9)15/h7-8H,4-6H2,1-3H3. The molecule has 1 aliphatic heterocycles. The van der Waals surface area contributed by atoms with Crippen LogP contribution in [0, 0.1) is 0 Å². The molecule has 112 valence electrons. The molecule has 1 aromatic rings. The average molecular weight is 303 g/mol. The molecule has 9 heteroatoms. The summed E-state index contributed by atoms with van der Waals surface area (Å²) in [4.78, 5) is 23.2. The Morgan fingerprint density at radius 1 is 1.30 bits per heavy atom. The van der Waals surface area contributed by atoms with Gasteiger partial charge in [0.25, 0.3) is 5.56 Å². The Hall–Kier alpha value is -1.45. The van der Waals surface area contributed by atoms with Crippen LogP contribution in [0.15, 0.2) is 20.7 Å². The zero-order valence-electron chi connectivity index (χ0n) is 11.6. The van der Waals surface area contributed by atoms with Crippen LogP contribution in [0.2, 0.25) is 0 Å². The molecule has 1 aromatic heterocycles. The van der Waals surface area contributed by atoms with E-state index in [1.165, 1.54) is 18.4 Å². The SMILES string of the molecule is CC1CN(S(=O)(=O)c2cn(C)c(=O)n(C)c2=O)CCO1. The molecule has 20 heavy (non-hydrogen) atoms. The van der Waals surface area contributed by atoms with E-state index >= 15 is 0 Å². The lowest BCUT2D eigenvalue weighted by Crippen LogP contribution is -2.47. The van der Waals surface area contributed by atoms with E-state index in [2.05, 4.69) is 0 Å². The summed E-state index contributed by atoms with van der Waals surface area (Å²) in [5, 5.41) is 0. The van der Waals surface area contributed by atoms with Crippen molar-refractivity contribution in [2.75, 3.05) is 19.7 Å². The largest absolute Gasteiger partial charge is 0.376 e. The first-order valence-corrected chi connectivity index (χ1v) is 7.57. The predicted octanol–water partition coefficient (Wildman–Crippen LogP) is -1.51. The Morgan fingerprint density at radius 2 is 1.95 bits per heavy atom. The van der Waals surface area contributed by atoms with Gasteiger partial charge in [-0.15, -0.1) is 0 Å². The molecule has 0 saturated carbocycles. The smallest absolute Gasteiger partial charge is 0.330 e. The molecule has 1 atom stereocenters. The van der Waals surface area contributed by atoms with Crippen molar-refractivity contribution in [1.29, 1.82) is 0 Å². The predicted molar refractivity (Wildman–Crippen MR) is 71.1 cm³/mol. The van der Waals surface area contributed by atoms with E-state index in [4.69, 9.17) is 4.74 Å². The van der Waals surface area contributed by atoms with Gasteiger partial charge in [0.2, 0.25) is 10.0 Å². The number of aromatic nitrogens is 2. The Labute approximate surface area is 116 Å². The van der Waals surface area contributed by atoms with Crippen molar-refractivity contribution in [3.8, 4) is 0 Å². The van der Waals surface area contributed by atoms with Crippen molar-refractivity contribution in [2.24, 2.45) is 14.1 Å². The number of aryl methyl sites for hydroxylation is 1. The Morgan fingerprint density at radius 3 is 2.55 bits per heavy atom. The van der Waals surface area contributed by atoms with Crippen LogP contribution >= 0.6 is 0 Å². The first-order chi connectivity index (χ1) is 9.25. The number of hydrogen-bond acceptors (Lipinski definition) is 5. The van der Waals surface area contributed by atoms with Crippen LogP contribution in [0.1, 0.15) is 6.92 Å². The zero-order valence-corrected chi connectivity index (χ0v) is 12.4. The molecule has 1 fully saturated rings. The average Bonchev–Trinajstić information content (AvgIpc) is 2.40. The molecule has 0 aliphatic carbocycles. The van der Waals surface area contributed by atoms with Crippen molar-refractivity contribution in [3.05, 3.63) is 27.0 Å². The molecule has 1 saturated heterocycles. The quantitative estimate of drug-likeness (QED) is 0.663. The normalized spacial score (nSPS) is 21.1. The van der Waals surface area contributed by atoms with Crippen molar-refractivity contribution >= 4 is 10.0 Å². The minimum absolute atomic E-state index is 0.189. The van der Waals surface area contributed by atoms with Crippen molar-refractivity contribution in [2.45, 2.75) is 17.9 Å². The van der Waals surface area contributed by atoms with E-state index < -0.39 is 26.2 Å². The third kappa shape index (κ3) is 2.43. The minimum Gasteiger partial charge on any atom is -0.376 e. The fourth-order valence-corrected chi connectivity index (χ4v) is 3.74. The molecule has 0 amide bonds. The molecule has 1 aliphatic rings. The van der Waals surface area contributed by atoms with Gasteiger partial charge in [0.1, 0.15) is 0 Å². The molecule has 0 radical (unpaired) electrons. The molecule has 0 spiro atoms. The summed E-state index contributed by atoms with van der Waals surface area (Å²) in [5.41, 5.74) is -1.38. The van der Waals surface area contributed by atoms with Gasteiger partial charge in [-0.3, -0.25) is 9.36 Å².